The van der Waals surface area contributed by atoms with E-state index in [4.69, 9.17) is 39.9 Å². The van der Waals surface area contributed by atoms with Gasteiger partial charge in [-0.05, 0) is 0 Å². The van der Waals surface area contributed by atoms with Crippen LogP contribution in [0.4, 0.5) is 4.79 Å². The van der Waals surface area contributed by atoms with Gasteiger partial charge in [-0.2, -0.15) is 0 Å². The van der Waals surface area contributed by atoms with E-state index >= 15 is 0 Å². The fourth-order valence-corrected chi connectivity index (χ4v) is 0.442. The third-order valence-electron chi connectivity index (χ3n) is 0.805. The lowest BCUT2D eigenvalue weighted by atomic mass is 10.6. The van der Waals surface area contributed by atoms with Crippen LogP contribution in [0.3, 0.4) is 0 Å². The van der Waals surface area contributed by atoms with Gasteiger partial charge in [0.2, 0.25) is 3.79 Å². The molecule has 0 saturated heterocycles. The summed E-state index contributed by atoms with van der Waals surface area (Å²) >= 11 is 15.7. The van der Waals surface area contributed by atoms with Gasteiger partial charge >= 0.3 is 6.03 Å². The topological polar surface area (TPSA) is 61.4 Å². The quantitative estimate of drug-likeness (QED) is 0.449. The SMILES string of the molecule is CNC(=O)N[C@@H](O)C(Cl)(Cl)Cl. The van der Waals surface area contributed by atoms with Crippen molar-refractivity contribution in [2.45, 2.75) is 10.0 Å². The molecular weight excluding hydrogens is 214 g/mol. The average Bonchev–Trinajstić information content (AvgIpc) is 1.85. The van der Waals surface area contributed by atoms with Crippen LogP contribution in [-0.4, -0.2) is 28.2 Å². The Kier molecular flexibility index (Phi) is 4.25. The molecule has 0 aliphatic carbocycles. The summed E-state index contributed by atoms with van der Waals surface area (Å²) < 4.78 is -1.91. The van der Waals surface area contributed by atoms with E-state index in [1.54, 1.807) is 0 Å². The number of aliphatic hydroxyl groups is 1. The zero-order valence-corrected chi connectivity index (χ0v) is 7.83. The summed E-state index contributed by atoms with van der Waals surface area (Å²) in [6.07, 6.45) is -1.52. The Morgan fingerprint density at radius 1 is 1.55 bits per heavy atom. The number of amides is 2. The smallest absolute Gasteiger partial charge is 0.316 e. The molecule has 0 aliphatic rings. The molecule has 0 aromatic heterocycles. The second-order valence-corrected chi connectivity index (χ2v) is 4.04. The van der Waals surface area contributed by atoms with Crippen LogP contribution in [0.25, 0.3) is 0 Å². The summed E-state index contributed by atoms with van der Waals surface area (Å²) in [5.41, 5.74) is 0. The van der Waals surface area contributed by atoms with Gasteiger partial charge in [-0.1, -0.05) is 34.8 Å². The Morgan fingerprint density at radius 2 is 2.00 bits per heavy atom. The molecule has 0 fully saturated rings. The minimum Gasteiger partial charge on any atom is -0.369 e. The molecule has 1 atom stereocenters. The lowest BCUT2D eigenvalue weighted by Gasteiger charge is -2.19. The number of aliphatic hydroxyl groups excluding tert-OH is 1. The minimum absolute atomic E-state index is 0.621. The standard InChI is InChI=1S/C4H7Cl3N2O2/c1-8-3(11)9-2(10)4(5,6)7/h2,10H,1H3,(H2,8,9,11)/t2-/m0/s1. The predicted octanol–water partition coefficient (Wildman–Crippen LogP) is 0.604. The highest BCUT2D eigenvalue weighted by molar-refractivity contribution is 6.68. The molecule has 2 amide bonds. The second-order valence-electron chi connectivity index (χ2n) is 1.67. The fourth-order valence-electron chi connectivity index (χ4n) is 0.278. The highest BCUT2D eigenvalue weighted by Gasteiger charge is 2.31. The van der Waals surface area contributed by atoms with E-state index < -0.39 is 16.1 Å². The minimum atomic E-state index is -1.91. The summed E-state index contributed by atoms with van der Waals surface area (Å²) in [5.74, 6) is 0. The van der Waals surface area contributed by atoms with Gasteiger partial charge in [-0.15, -0.1) is 0 Å². The summed E-state index contributed by atoms with van der Waals surface area (Å²) in [6, 6.07) is -0.621. The first-order valence-corrected chi connectivity index (χ1v) is 3.74. The highest BCUT2D eigenvalue weighted by Crippen LogP contribution is 2.28. The van der Waals surface area contributed by atoms with Gasteiger partial charge in [0.15, 0.2) is 6.23 Å². The molecule has 0 aliphatic heterocycles. The Labute approximate surface area is 78.8 Å². The molecule has 0 heterocycles. The normalized spacial score (nSPS) is 13.9. The van der Waals surface area contributed by atoms with Crippen LogP contribution in [0.1, 0.15) is 0 Å². The van der Waals surface area contributed by atoms with Crippen molar-refractivity contribution < 1.29 is 9.90 Å². The van der Waals surface area contributed by atoms with Gasteiger partial charge in [0.25, 0.3) is 0 Å². The maximum absolute atomic E-state index is 10.5. The van der Waals surface area contributed by atoms with Crippen molar-refractivity contribution in [3.8, 4) is 0 Å². The Balaban J connectivity index is 3.87. The van der Waals surface area contributed by atoms with Crippen LogP contribution >= 0.6 is 34.8 Å². The second kappa shape index (κ2) is 4.21. The van der Waals surface area contributed by atoms with Crippen LogP contribution in [0.2, 0.25) is 0 Å². The molecule has 4 nitrogen and oxygen atoms in total. The Morgan fingerprint density at radius 3 is 2.27 bits per heavy atom. The lowest BCUT2D eigenvalue weighted by molar-refractivity contribution is 0.145. The van der Waals surface area contributed by atoms with E-state index in [1.165, 1.54) is 7.05 Å². The molecule has 0 saturated carbocycles. The third-order valence-corrected chi connectivity index (χ3v) is 1.43. The van der Waals surface area contributed by atoms with Crippen molar-refractivity contribution in [1.29, 1.82) is 0 Å². The molecule has 3 N–H and O–H groups in total. The van der Waals surface area contributed by atoms with Crippen molar-refractivity contribution in [1.82, 2.24) is 10.6 Å². The number of alkyl halides is 3. The van der Waals surface area contributed by atoms with Gasteiger partial charge in [-0.3, -0.25) is 0 Å². The number of hydrogen-bond acceptors (Lipinski definition) is 2. The van der Waals surface area contributed by atoms with E-state index in [1.807, 2.05) is 5.32 Å². The van der Waals surface area contributed by atoms with Gasteiger partial charge in [-0.25, -0.2) is 4.79 Å². The van der Waals surface area contributed by atoms with Crippen molar-refractivity contribution in [3.63, 3.8) is 0 Å². The Bertz CT molecular complexity index is 147. The van der Waals surface area contributed by atoms with E-state index in [0.717, 1.165) is 0 Å². The lowest BCUT2D eigenvalue weighted by Crippen LogP contribution is -2.47. The summed E-state index contributed by atoms with van der Waals surface area (Å²) in [6.45, 7) is 0. The number of halogens is 3. The number of nitrogens with one attached hydrogen (secondary N) is 2. The van der Waals surface area contributed by atoms with Crippen molar-refractivity contribution in [2.75, 3.05) is 7.05 Å². The van der Waals surface area contributed by atoms with Gasteiger partial charge in [0, 0.05) is 7.05 Å². The maximum atomic E-state index is 10.5. The average molecular weight is 221 g/mol. The van der Waals surface area contributed by atoms with Crippen LogP contribution in [0.5, 0.6) is 0 Å². The number of carbonyl (C=O) groups is 1. The molecular formula is C4H7Cl3N2O2. The zero-order valence-electron chi connectivity index (χ0n) is 5.57. The monoisotopic (exact) mass is 220 g/mol. The first-order valence-electron chi connectivity index (χ1n) is 2.61. The molecule has 0 rings (SSSR count). The third kappa shape index (κ3) is 4.53. The van der Waals surface area contributed by atoms with Crippen LogP contribution in [0, 0.1) is 0 Å². The highest BCUT2D eigenvalue weighted by atomic mass is 35.6. The molecule has 11 heavy (non-hydrogen) atoms. The van der Waals surface area contributed by atoms with Gasteiger partial charge in [0.1, 0.15) is 0 Å². The van der Waals surface area contributed by atoms with Gasteiger partial charge < -0.3 is 15.7 Å². The number of carbonyl (C=O) groups excluding carboxylic acids is 1. The van der Waals surface area contributed by atoms with E-state index in [-0.39, 0.29) is 0 Å². The van der Waals surface area contributed by atoms with E-state index in [0.29, 0.717) is 0 Å². The van der Waals surface area contributed by atoms with E-state index in [2.05, 4.69) is 5.32 Å². The first kappa shape index (κ1) is 11.1. The summed E-state index contributed by atoms with van der Waals surface area (Å²) in [5, 5.41) is 13.1. The molecule has 0 aromatic carbocycles. The molecule has 66 valence electrons. The van der Waals surface area contributed by atoms with Crippen molar-refractivity contribution >= 4 is 40.8 Å². The fraction of sp³-hybridized carbons (Fsp3) is 0.750. The van der Waals surface area contributed by atoms with Gasteiger partial charge in [0.05, 0.1) is 0 Å². The van der Waals surface area contributed by atoms with Crippen LogP contribution in [0.15, 0.2) is 0 Å². The van der Waals surface area contributed by atoms with Crippen molar-refractivity contribution in [3.05, 3.63) is 0 Å². The number of urea groups is 1. The molecule has 0 aromatic rings. The molecule has 0 bridgehead atoms. The van der Waals surface area contributed by atoms with Crippen molar-refractivity contribution in [2.24, 2.45) is 0 Å². The zero-order chi connectivity index (χ0) is 9.07. The molecule has 0 unspecified atom stereocenters. The first-order chi connectivity index (χ1) is 4.88. The summed E-state index contributed by atoms with van der Waals surface area (Å²) in [7, 11) is 1.38. The largest absolute Gasteiger partial charge is 0.369 e. The number of rotatable bonds is 1. The summed E-state index contributed by atoms with van der Waals surface area (Å²) in [4.78, 5) is 10.5. The number of hydrogen-bond donors (Lipinski definition) is 3. The van der Waals surface area contributed by atoms with Crippen LogP contribution < -0.4 is 10.6 Å². The predicted molar refractivity (Wildman–Crippen MR) is 43.9 cm³/mol. The van der Waals surface area contributed by atoms with E-state index in [9.17, 15) is 4.79 Å². The molecule has 7 heteroatoms. The maximum Gasteiger partial charge on any atom is 0.316 e. The Hall–Kier alpha value is 0.1000. The van der Waals surface area contributed by atoms with Crippen LogP contribution in [-0.2, 0) is 0 Å². The molecule has 0 radical (unpaired) electrons. The molecule has 0 spiro atoms.